The van der Waals surface area contributed by atoms with Crippen molar-refractivity contribution in [2.24, 2.45) is 39.8 Å². The maximum atomic E-state index is 13.8. The zero-order valence-corrected chi connectivity index (χ0v) is 27.4. The molecule has 0 aromatic rings. The molecule has 2 bridgehead atoms. The number of unbranched alkanes of at least 4 members (excludes halogenated alkanes) is 2. The number of nitrogens with two attached hydrogens (primary N) is 1. The van der Waals surface area contributed by atoms with E-state index in [1.165, 1.54) is 6.92 Å². The quantitative estimate of drug-likeness (QED) is 0.0446. The second-order valence-corrected chi connectivity index (χ2v) is 14.1. The van der Waals surface area contributed by atoms with E-state index in [9.17, 15) is 24.5 Å². The van der Waals surface area contributed by atoms with Gasteiger partial charge in [-0.25, -0.2) is 15.1 Å². The van der Waals surface area contributed by atoms with Crippen LogP contribution in [0.2, 0.25) is 0 Å². The Balaban J connectivity index is 1.64. The Morgan fingerprint density at radius 1 is 1.14 bits per heavy atom. The van der Waals surface area contributed by atoms with E-state index in [1.54, 1.807) is 5.43 Å². The lowest BCUT2D eigenvalue weighted by Gasteiger charge is -2.64. The van der Waals surface area contributed by atoms with Crippen molar-refractivity contribution >= 4 is 30.7 Å². The van der Waals surface area contributed by atoms with Crippen molar-refractivity contribution in [3.63, 3.8) is 0 Å². The SMILES string of the molecule is CC(=O)NCCCCCC(=O)C[C@@H](CCCN=C(N)N[N+](=O)[O-])C(=O)N[C@@H](CC(C)C)B1O[C@@H]2C[C@@H]3C[C@@H](C3(C)C)[C@]2(C)O1. The first-order valence-electron chi connectivity index (χ1n) is 16.2. The molecule has 248 valence electrons. The molecule has 0 aromatic carbocycles. The van der Waals surface area contributed by atoms with E-state index < -0.39 is 23.7 Å². The van der Waals surface area contributed by atoms with Crippen LogP contribution in [0.3, 0.4) is 0 Å². The predicted octanol–water partition coefficient (Wildman–Crippen LogP) is 2.93. The number of carbonyl (C=O) groups excluding carboxylic acids is 3. The Morgan fingerprint density at radius 2 is 1.86 bits per heavy atom. The zero-order chi connectivity index (χ0) is 32.7. The van der Waals surface area contributed by atoms with Gasteiger partial charge < -0.3 is 25.7 Å². The van der Waals surface area contributed by atoms with Gasteiger partial charge in [-0.1, -0.05) is 39.5 Å². The molecule has 4 fully saturated rings. The number of rotatable bonds is 18. The van der Waals surface area contributed by atoms with Gasteiger partial charge >= 0.3 is 7.12 Å². The van der Waals surface area contributed by atoms with E-state index in [-0.39, 0.29) is 59.9 Å². The zero-order valence-electron chi connectivity index (χ0n) is 27.4. The number of hydrogen-bond donors (Lipinski definition) is 4. The third-order valence-electron chi connectivity index (χ3n) is 9.90. The molecule has 13 nitrogen and oxygen atoms in total. The number of carbonyl (C=O) groups is 3. The van der Waals surface area contributed by atoms with Gasteiger partial charge in [0.15, 0.2) is 5.03 Å². The van der Waals surface area contributed by atoms with Crippen molar-refractivity contribution in [2.45, 2.75) is 123 Å². The molecule has 0 unspecified atom stereocenters. The third-order valence-corrected chi connectivity index (χ3v) is 9.90. The maximum Gasteiger partial charge on any atom is 0.481 e. The minimum atomic E-state index is -0.785. The van der Waals surface area contributed by atoms with Crippen molar-refractivity contribution < 1.29 is 28.7 Å². The average molecular weight is 621 g/mol. The number of amides is 2. The molecule has 5 N–H and O–H groups in total. The van der Waals surface area contributed by atoms with Crippen LogP contribution in [0.25, 0.3) is 0 Å². The molecule has 0 radical (unpaired) electrons. The minimum absolute atomic E-state index is 0.00276. The molecule has 2 amide bonds. The van der Waals surface area contributed by atoms with Crippen LogP contribution < -0.4 is 21.8 Å². The Bertz CT molecular complexity index is 1070. The maximum absolute atomic E-state index is 13.8. The average Bonchev–Trinajstić information content (AvgIpc) is 3.28. The van der Waals surface area contributed by atoms with Gasteiger partial charge in [0.05, 0.1) is 17.6 Å². The molecule has 1 heterocycles. The topological polar surface area (TPSA) is 187 Å². The minimum Gasteiger partial charge on any atom is -0.404 e. The summed E-state index contributed by atoms with van der Waals surface area (Å²) in [6.45, 7) is 13.2. The smallest absolute Gasteiger partial charge is 0.404 e. The summed E-state index contributed by atoms with van der Waals surface area (Å²) in [5, 5.41) is 15.7. The standard InChI is InChI=1S/C30H53BN6O7/c1-19(2)15-26(31-43-25-18-22-17-24(29(22,4)5)30(25,6)44-31)35-27(40)21(11-10-14-34-28(32)36-37(41)42)16-23(39)12-8-7-9-13-33-20(3)38/h19,21-22,24-26H,7-18H2,1-6H3,(H,33,38)(H,35,40)(H3,32,34,36)/t21-,22+,24+,25-,26+,30+/m1/s1. The summed E-state index contributed by atoms with van der Waals surface area (Å²) in [4.78, 5) is 52.3. The van der Waals surface area contributed by atoms with Gasteiger partial charge in [0.1, 0.15) is 5.78 Å². The van der Waals surface area contributed by atoms with Crippen molar-refractivity contribution in [1.29, 1.82) is 0 Å². The van der Waals surface area contributed by atoms with Gasteiger partial charge in [-0.3, -0.25) is 14.4 Å². The van der Waals surface area contributed by atoms with Crippen LogP contribution in [0.1, 0.15) is 106 Å². The number of guanidine groups is 1. The molecular weight excluding hydrogens is 567 g/mol. The van der Waals surface area contributed by atoms with Gasteiger partial charge in [-0.2, -0.15) is 0 Å². The lowest BCUT2D eigenvalue weighted by Crippen LogP contribution is -2.65. The Hall–Kier alpha value is -2.74. The van der Waals surface area contributed by atoms with E-state index in [1.807, 2.05) is 0 Å². The number of hydrazine groups is 1. The highest BCUT2D eigenvalue weighted by Crippen LogP contribution is 2.65. The van der Waals surface area contributed by atoms with E-state index in [0.717, 1.165) is 25.7 Å². The molecule has 1 saturated heterocycles. The Kier molecular flexibility index (Phi) is 12.6. The van der Waals surface area contributed by atoms with Crippen LogP contribution in [0.4, 0.5) is 0 Å². The second-order valence-electron chi connectivity index (χ2n) is 14.1. The second kappa shape index (κ2) is 15.5. The van der Waals surface area contributed by atoms with Crippen molar-refractivity contribution in [3.8, 4) is 0 Å². The normalized spacial score (nSPS) is 26.8. The van der Waals surface area contributed by atoms with Crippen molar-refractivity contribution in [2.75, 3.05) is 13.1 Å². The fourth-order valence-electron chi connectivity index (χ4n) is 7.37. The fourth-order valence-corrected chi connectivity index (χ4v) is 7.37. The van der Waals surface area contributed by atoms with Gasteiger partial charge in [-0.15, -0.1) is 0 Å². The van der Waals surface area contributed by atoms with E-state index in [2.05, 4.69) is 50.2 Å². The fraction of sp³-hybridized carbons (Fsp3) is 0.867. The van der Waals surface area contributed by atoms with Crippen molar-refractivity contribution in [3.05, 3.63) is 10.1 Å². The van der Waals surface area contributed by atoms with Crippen LogP contribution in [-0.4, -0.2) is 66.4 Å². The molecule has 1 aliphatic heterocycles. The van der Waals surface area contributed by atoms with Gasteiger partial charge in [-0.05, 0) is 75.0 Å². The highest BCUT2D eigenvalue weighted by atomic mass is 16.7. The number of Topliss-reactive ketones (excluding diaryl/α,β-unsaturated/α-hetero) is 1. The number of aliphatic imine (C=N–C) groups is 1. The van der Waals surface area contributed by atoms with Gasteiger partial charge in [0.25, 0.3) is 5.96 Å². The molecule has 14 heteroatoms. The van der Waals surface area contributed by atoms with Gasteiger partial charge in [0.2, 0.25) is 11.8 Å². The number of nitrogens with one attached hydrogen (secondary N) is 3. The van der Waals surface area contributed by atoms with Crippen LogP contribution in [0.5, 0.6) is 0 Å². The van der Waals surface area contributed by atoms with Crippen LogP contribution >= 0.6 is 0 Å². The number of ketones is 1. The predicted molar refractivity (Wildman–Crippen MR) is 168 cm³/mol. The summed E-state index contributed by atoms with van der Waals surface area (Å²) >= 11 is 0. The van der Waals surface area contributed by atoms with E-state index in [4.69, 9.17) is 15.0 Å². The molecule has 4 aliphatic rings. The monoisotopic (exact) mass is 620 g/mol. The Labute approximate surface area is 261 Å². The van der Waals surface area contributed by atoms with E-state index in [0.29, 0.717) is 50.5 Å². The van der Waals surface area contributed by atoms with Crippen LogP contribution in [-0.2, 0) is 23.7 Å². The summed E-state index contributed by atoms with van der Waals surface area (Å²) in [5.74, 6) is -0.287. The van der Waals surface area contributed by atoms with E-state index >= 15 is 0 Å². The van der Waals surface area contributed by atoms with Gasteiger partial charge in [0, 0.05) is 38.8 Å². The number of nitrogens with zero attached hydrogens (tertiary/aromatic N) is 2. The summed E-state index contributed by atoms with van der Waals surface area (Å²) < 4.78 is 13.2. The highest BCUT2D eigenvalue weighted by Gasteiger charge is 2.68. The molecule has 6 atom stereocenters. The molecule has 3 saturated carbocycles. The molecular formula is C30H53BN6O7. The first kappa shape index (κ1) is 35.7. The summed E-state index contributed by atoms with van der Waals surface area (Å²) in [6, 6.07) is 0. The van der Waals surface area contributed by atoms with Crippen LogP contribution in [0, 0.1) is 39.2 Å². The lowest BCUT2D eigenvalue weighted by molar-refractivity contribution is -0.525. The number of hydrogen-bond acceptors (Lipinski definition) is 8. The Morgan fingerprint density at radius 3 is 2.50 bits per heavy atom. The molecule has 0 spiro atoms. The third kappa shape index (κ3) is 9.39. The largest absolute Gasteiger partial charge is 0.481 e. The molecule has 3 aliphatic carbocycles. The van der Waals surface area contributed by atoms with Crippen molar-refractivity contribution in [1.82, 2.24) is 16.1 Å². The number of nitro groups is 1. The lowest BCUT2D eigenvalue weighted by atomic mass is 9.43. The molecule has 4 rings (SSSR count). The molecule has 0 aromatic heterocycles. The van der Waals surface area contributed by atoms with Crippen LogP contribution in [0.15, 0.2) is 4.99 Å². The highest BCUT2D eigenvalue weighted by molar-refractivity contribution is 6.47. The summed E-state index contributed by atoms with van der Waals surface area (Å²) in [6.07, 6.45) is 6.24. The first-order valence-corrected chi connectivity index (χ1v) is 16.2. The summed E-state index contributed by atoms with van der Waals surface area (Å²) in [7, 11) is -0.566. The first-order chi connectivity index (χ1) is 20.6. The molecule has 44 heavy (non-hydrogen) atoms. The summed E-state index contributed by atoms with van der Waals surface area (Å²) in [5.41, 5.74) is 7.14.